The molecule has 1 aliphatic rings. The van der Waals surface area contributed by atoms with Gasteiger partial charge in [0.25, 0.3) is 0 Å². The highest BCUT2D eigenvalue weighted by molar-refractivity contribution is 7.99. The van der Waals surface area contributed by atoms with Crippen LogP contribution < -0.4 is 10.1 Å². The molecule has 1 saturated heterocycles. The number of thioether (sulfide) groups is 1. The average Bonchev–Trinajstić information content (AvgIpc) is 3.05. The number of para-hydroxylation sites is 1. The minimum atomic E-state index is -0.406. The van der Waals surface area contributed by atoms with Crippen LogP contribution >= 0.6 is 11.8 Å². The van der Waals surface area contributed by atoms with Crippen molar-refractivity contribution in [2.75, 3.05) is 16.8 Å². The number of anilines is 1. The number of carbonyl (C=O) groups excluding carboxylic acids is 1. The van der Waals surface area contributed by atoms with Crippen molar-refractivity contribution in [1.82, 2.24) is 0 Å². The molecule has 0 radical (unpaired) electrons. The van der Waals surface area contributed by atoms with E-state index in [1.807, 2.05) is 30.3 Å². The summed E-state index contributed by atoms with van der Waals surface area (Å²) in [5.41, 5.74) is 0.366. The number of halogens is 1. The molecule has 0 spiro atoms. The van der Waals surface area contributed by atoms with Crippen molar-refractivity contribution < 1.29 is 13.9 Å². The Kier molecular flexibility index (Phi) is 4.63. The van der Waals surface area contributed by atoms with Crippen LogP contribution in [0.2, 0.25) is 0 Å². The van der Waals surface area contributed by atoms with Crippen LogP contribution in [0.25, 0.3) is 0 Å². The van der Waals surface area contributed by atoms with E-state index < -0.39 is 5.82 Å². The summed E-state index contributed by atoms with van der Waals surface area (Å²) < 4.78 is 19.2. The summed E-state index contributed by atoms with van der Waals surface area (Å²) in [5.74, 6) is 2.39. The van der Waals surface area contributed by atoms with Gasteiger partial charge < -0.3 is 10.1 Å². The van der Waals surface area contributed by atoms with E-state index in [-0.39, 0.29) is 11.8 Å². The Balaban J connectivity index is 1.79. The minimum Gasteiger partial charge on any atom is -0.455 e. The monoisotopic (exact) mass is 317 g/mol. The van der Waals surface area contributed by atoms with E-state index in [4.69, 9.17) is 4.74 Å². The molecule has 3 rings (SSSR count). The number of ether oxygens (including phenoxy) is 1. The van der Waals surface area contributed by atoms with E-state index in [0.29, 0.717) is 17.2 Å². The Bertz CT molecular complexity index is 657. The lowest BCUT2D eigenvalue weighted by atomic mass is 10.1. The number of hydrogen-bond acceptors (Lipinski definition) is 3. The first-order chi connectivity index (χ1) is 10.7. The van der Waals surface area contributed by atoms with Gasteiger partial charge in [0.1, 0.15) is 11.6 Å². The van der Waals surface area contributed by atoms with Crippen LogP contribution in [0.5, 0.6) is 11.5 Å². The molecule has 2 aromatic rings. The standard InChI is InChI=1S/C17H16FNO2S/c18-13-6-7-16(21-14-4-2-1-3-5-14)15(10-13)19-17(20)12-8-9-22-11-12/h1-7,10,12H,8-9,11H2,(H,19,20). The Morgan fingerprint density at radius 2 is 2.05 bits per heavy atom. The summed E-state index contributed by atoms with van der Waals surface area (Å²) in [5, 5.41) is 2.80. The molecular formula is C17H16FNO2S. The Hall–Kier alpha value is -2.01. The Labute approximate surface area is 132 Å². The van der Waals surface area contributed by atoms with Crippen molar-refractivity contribution in [2.45, 2.75) is 6.42 Å². The summed E-state index contributed by atoms with van der Waals surface area (Å²) in [4.78, 5) is 12.2. The largest absolute Gasteiger partial charge is 0.455 e. The van der Waals surface area contributed by atoms with E-state index in [9.17, 15) is 9.18 Å². The lowest BCUT2D eigenvalue weighted by molar-refractivity contribution is -0.119. The van der Waals surface area contributed by atoms with Gasteiger partial charge in [-0.3, -0.25) is 4.79 Å². The lowest BCUT2D eigenvalue weighted by Gasteiger charge is -2.14. The topological polar surface area (TPSA) is 38.3 Å². The molecular weight excluding hydrogens is 301 g/mol. The highest BCUT2D eigenvalue weighted by Crippen LogP contribution is 2.32. The van der Waals surface area contributed by atoms with Gasteiger partial charge in [0.2, 0.25) is 5.91 Å². The molecule has 5 heteroatoms. The third kappa shape index (κ3) is 3.60. The second-order valence-electron chi connectivity index (χ2n) is 5.11. The molecule has 2 aromatic carbocycles. The summed E-state index contributed by atoms with van der Waals surface area (Å²) in [7, 11) is 0. The predicted octanol–water partition coefficient (Wildman–Crippen LogP) is 4.31. The zero-order valence-electron chi connectivity index (χ0n) is 11.9. The number of hydrogen-bond donors (Lipinski definition) is 1. The van der Waals surface area contributed by atoms with Crippen molar-refractivity contribution in [2.24, 2.45) is 5.92 Å². The second-order valence-corrected chi connectivity index (χ2v) is 6.26. The van der Waals surface area contributed by atoms with E-state index in [2.05, 4.69) is 5.32 Å². The van der Waals surface area contributed by atoms with Gasteiger partial charge in [-0.1, -0.05) is 18.2 Å². The van der Waals surface area contributed by atoms with E-state index in [1.165, 1.54) is 18.2 Å². The van der Waals surface area contributed by atoms with Crippen LogP contribution in [0.3, 0.4) is 0 Å². The molecule has 0 bridgehead atoms. The SMILES string of the molecule is O=C(Nc1cc(F)ccc1Oc1ccccc1)C1CCSC1. The number of carbonyl (C=O) groups is 1. The van der Waals surface area contributed by atoms with Crippen LogP contribution in [-0.2, 0) is 4.79 Å². The molecule has 0 aromatic heterocycles. The lowest BCUT2D eigenvalue weighted by Crippen LogP contribution is -2.22. The average molecular weight is 317 g/mol. The van der Waals surface area contributed by atoms with Crippen molar-refractivity contribution in [3.63, 3.8) is 0 Å². The predicted molar refractivity (Wildman–Crippen MR) is 87.0 cm³/mol. The molecule has 0 saturated carbocycles. The first kappa shape index (κ1) is 14.9. The molecule has 1 amide bonds. The van der Waals surface area contributed by atoms with Crippen LogP contribution in [0.15, 0.2) is 48.5 Å². The summed E-state index contributed by atoms with van der Waals surface area (Å²) in [6, 6.07) is 13.3. The molecule has 1 atom stereocenters. The fourth-order valence-corrected chi connectivity index (χ4v) is 3.50. The molecule has 1 aliphatic heterocycles. The molecule has 1 unspecified atom stereocenters. The molecule has 1 fully saturated rings. The summed E-state index contributed by atoms with van der Waals surface area (Å²) >= 11 is 1.76. The van der Waals surface area contributed by atoms with Gasteiger partial charge in [-0.25, -0.2) is 4.39 Å². The van der Waals surface area contributed by atoms with Gasteiger partial charge in [0.15, 0.2) is 5.75 Å². The quantitative estimate of drug-likeness (QED) is 0.913. The number of amides is 1. The molecule has 3 nitrogen and oxygen atoms in total. The summed E-state index contributed by atoms with van der Waals surface area (Å²) in [6.07, 6.45) is 0.862. The molecule has 1 N–H and O–H groups in total. The third-order valence-electron chi connectivity index (χ3n) is 3.47. The van der Waals surface area contributed by atoms with Gasteiger partial charge in [-0.2, -0.15) is 11.8 Å². The third-order valence-corrected chi connectivity index (χ3v) is 4.63. The minimum absolute atomic E-state index is 0.0159. The van der Waals surface area contributed by atoms with Crippen LogP contribution in [0.4, 0.5) is 10.1 Å². The fraction of sp³-hybridized carbons (Fsp3) is 0.235. The Morgan fingerprint density at radius 1 is 1.23 bits per heavy atom. The number of benzene rings is 2. The fourth-order valence-electron chi connectivity index (χ4n) is 2.28. The normalized spacial score (nSPS) is 17.2. The Morgan fingerprint density at radius 3 is 2.77 bits per heavy atom. The maximum absolute atomic E-state index is 13.5. The first-order valence-electron chi connectivity index (χ1n) is 7.13. The van der Waals surface area contributed by atoms with Crippen molar-refractivity contribution >= 4 is 23.4 Å². The zero-order chi connectivity index (χ0) is 15.4. The maximum atomic E-state index is 13.5. The maximum Gasteiger partial charge on any atom is 0.228 e. The molecule has 0 aliphatic carbocycles. The number of nitrogens with one attached hydrogen (secondary N) is 1. The van der Waals surface area contributed by atoms with Gasteiger partial charge in [-0.05, 0) is 36.4 Å². The summed E-state index contributed by atoms with van der Waals surface area (Å²) in [6.45, 7) is 0. The van der Waals surface area contributed by atoms with Gasteiger partial charge in [0.05, 0.1) is 5.69 Å². The van der Waals surface area contributed by atoms with E-state index >= 15 is 0 Å². The van der Waals surface area contributed by atoms with Crippen LogP contribution in [-0.4, -0.2) is 17.4 Å². The molecule has 22 heavy (non-hydrogen) atoms. The number of rotatable bonds is 4. The van der Waals surface area contributed by atoms with Crippen molar-refractivity contribution in [1.29, 1.82) is 0 Å². The molecule has 114 valence electrons. The van der Waals surface area contributed by atoms with Crippen LogP contribution in [0.1, 0.15) is 6.42 Å². The highest BCUT2D eigenvalue weighted by Gasteiger charge is 2.24. The second kappa shape index (κ2) is 6.83. The van der Waals surface area contributed by atoms with Crippen molar-refractivity contribution in [3.8, 4) is 11.5 Å². The van der Waals surface area contributed by atoms with Crippen LogP contribution in [0, 0.1) is 11.7 Å². The van der Waals surface area contributed by atoms with E-state index in [0.717, 1.165) is 17.9 Å². The van der Waals surface area contributed by atoms with Gasteiger partial charge in [0, 0.05) is 17.7 Å². The smallest absolute Gasteiger partial charge is 0.228 e. The molecule has 1 heterocycles. The highest BCUT2D eigenvalue weighted by atomic mass is 32.2. The van der Waals surface area contributed by atoms with Gasteiger partial charge >= 0.3 is 0 Å². The first-order valence-corrected chi connectivity index (χ1v) is 8.29. The van der Waals surface area contributed by atoms with Crippen molar-refractivity contribution in [3.05, 3.63) is 54.3 Å². The van der Waals surface area contributed by atoms with Gasteiger partial charge in [-0.15, -0.1) is 0 Å². The van der Waals surface area contributed by atoms with E-state index in [1.54, 1.807) is 11.8 Å². The zero-order valence-corrected chi connectivity index (χ0v) is 12.7.